The molecule has 33 heavy (non-hydrogen) atoms. The number of hydrogen-bond acceptors (Lipinski definition) is 7. The molecular formula is C22H32N6O3SSi. The third kappa shape index (κ3) is 5.97. The molecule has 1 aliphatic heterocycles. The van der Waals surface area contributed by atoms with Crippen molar-refractivity contribution in [2.24, 2.45) is 0 Å². The zero-order valence-electron chi connectivity index (χ0n) is 19.7. The lowest BCUT2D eigenvalue weighted by Gasteiger charge is -2.17. The molecule has 178 valence electrons. The Bertz CT molecular complexity index is 1220. The summed E-state index contributed by atoms with van der Waals surface area (Å²) in [5.74, 6) is 0.681. The van der Waals surface area contributed by atoms with Gasteiger partial charge in [0.2, 0.25) is 10.0 Å². The Morgan fingerprint density at radius 1 is 1.24 bits per heavy atom. The van der Waals surface area contributed by atoms with Crippen LogP contribution in [-0.4, -0.2) is 72.3 Å². The van der Waals surface area contributed by atoms with Gasteiger partial charge in [0.15, 0.2) is 5.65 Å². The fraction of sp³-hybridized carbons (Fsp3) is 0.500. The van der Waals surface area contributed by atoms with E-state index < -0.39 is 18.1 Å². The molecule has 4 rings (SSSR count). The van der Waals surface area contributed by atoms with Gasteiger partial charge in [-0.3, -0.25) is 0 Å². The van der Waals surface area contributed by atoms with Crippen LogP contribution >= 0.6 is 0 Å². The summed E-state index contributed by atoms with van der Waals surface area (Å²) >= 11 is 0. The molecule has 1 saturated heterocycles. The number of anilines is 1. The van der Waals surface area contributed by atoms with Gasteiger partial charge in [-0.05, 0) is 30.7 Å². The van der Waals surface area contributed by atoms with Crippen LogP contribution in [0, 0.1) is 0 Å². The highest BCUT2D eigenvalue weighted by atomic mass is 32.2. The standard InChI is InChI=1S/C22H32N6O3SSi/c1-32(29,30)28-11-7-17(15-28)25-21-18(6-5-9-23-21)20-14-24-22-19(26-20)8-10-27(22)16-31-12-13-33(2,3)4/h5-6,8-10,14,17H,7,11-13,15-16H2,1-4H3,(H,23,25)/t17-/m0/s1. The van der Waals surface area contributed by atoms with Gasteiger partial charge in [0, 0.05) is 51.8 Å². The maximum absolute atomic E-state index is 11.8. The Balaban J connectivity index is 1.48. The molecule has 0 unspecified atom stereocenters. The molecule has 0 bridgehead atoms. The molecule has 0 amide bonds. The average molecular weight is 489 g/mol. The van der Waals surface area contributed by atoms with Gasteiger partial charge in [-0.15, -0.1) is 0 Å². The van der Waals surface area contributed by atoms with Crippen LogP contribution in [0.2, 0.25) is 25.7 Å². The van der Waals surface area contributed by atoms with E-state index in [9.17, 15) is 8.42 Å². The normalized spacial score (nSPS) is 17.6. The second-order valence-corrected chi connectivity index (χ2v) is 17.4. The summed E-state index contributed by atoms with van der Waals surface area (Å²) in [6.07, 6.45) is 7.39. The van der Waals surface area contributed by atoms with E-state index in [0.717, 1.165) is 35.8 Å². The second kappa shape index (κ2) is 9.49. The zero-order chi connectivity index (χ0) is 23.6. The Morgan fingerprint density at radius 2 is 2.06 bits per heavy atom. The number of sulfonamides is 1. The molecule has 1 fully saturated rings. The minimum Gasteiger partial charge on any atom is -0.365 e. The highest BCUT2D eigenvalue weighted by molar-refractivity contribution is 7.88. The van der Waals surface area contributed by atoms with E-state index in [1.165, 1.54) is 10.6 Å². The van der Waals surface area contributed by atoms with Crippen LogP contribution in [0.3, 0.4) is 0 Å². The van der Waals surface area contributed by atoms with Gasteiger partial charge in [0.1, 0.15) is 18.1 Å². The van der Waals surface area contributed by atoms with Gasteiger partial charge in [-0.25, -0.2) is 27.7 Å². The fourth-order valence-electron chi connectivity index (χ4n) is 3.80. The molecule has 0 aliphatic carbocycles. The minimum absolute atomic E-state index is 0.000503. The molecule has 3 aromatic rings. The molecule has 1 N–H and O–H groups in total. The predicted molar refractivity (Wildman–Crippen MR) is 133 cm³/mol. The largest absolute Gasteiger partial charge is 0.365 e. The molecular weight excluding hydrogens is 456 g/mol. The van der Waals surface area contributed by atoms with Gasteiger partial charge in [-0.1, -0.05) is 19.6 Å². The van der Waals surface area contributed by atoms with E-state index in [4.69, 9.17) is 9.72 Å². The maximum Gasteiger partial charge on any atom is 0.211 e. The summed E-state index contributed by atoms with van der Waals surface area (Å²) < 4.78 is 33.0. The van der Waals surface area contributed by atoms with Crippen molar-refractivity contribution in [2.45, 2.75) is 44.9 Å². The number of nitrogens with zero attached hydrogens (tertiary/aromatic N) is 5. The molecule has 0 aromatic carbocycles. The Morgan fingerprint density at radius 3 is 2.79 bits per heavy atom. The first-order valence-corrected chi connectivity index (χ1v) is 16.7. The summed E-state index contributed by atoms with van der Waals surface area (Å²) in [5.41, 5.74) is 3.13. The predicted octanol–water partition coefficient (Wildman–Crippen LogP) is 3.25. The molecule has 9 nitrogen and oxygen atoms in total. The monoisotopic (exact) mass is 488 g/mol. The second-order valence-electron chi connectivity index (χ2n) is 9.75. The first kappa shape index (κ1) is 23.8. The number of aromatic nitrogens is 4. The van der Waals surface area contributed by atoms with Crippen molar-refractivity contribution in [1.29, 1.82) is 0 Å². The quantitative estimate of drug-likeness (QED) is 0.364. The van der Waals surface area contributed by atoms with Crippen LogP contribution in [0.5, 0.6) is 0 Å². The lowest BCUT2D eigenvalue weighted by atomic mass is 10.1. The molecule has 3 aromatic heterocycles. The van der Waals surface area contributed by atoms with Gasteiger partial charge in [-0.2, -0.15) is 0 Å². The lowest BCUT2D eigenvalue weighted by molar-refractivity contribution is 0.0899. The van der Waals surface area contributed by atoms with Crippen molar-refractivity contribution in [3.05, 3.63) is 36.8 Å². The zero-order valence-corrected chi connectivity index (χ0v) is 21.5. The van der Waals surface area contributed by atoms with Gasteiger partial charge >= 0.3 is 0 Å². The van der Waals surface area contributed by atoms with Crippen LogP contribution in [0.25, 0.3) is 22.4 Å². The summed E-state index contributed by atoms with van der Waals surface area (Å²) in [4.78, 5) is 13.9. The van der Waals surface area contributed by atoms with E-state index in [2.05, 4.69) is 34.9 Å². The number of fused-ring (bicyclic) bond motifs is 1. The number of nitrogens with one attached hydrogen (secondary N) is 1. The molecule has 0 radical (unpaired) electrons. The molecule has 11 heteroatoms. The van der Waals surface area contributed by atoms with Crippen LogP contribution in [0.1, 0.15) is 6.42 Å². The Kier molecular flexibility index (Phi) is 6.85. The highest BCUT2D eigenvalue weighted by Crippen LogP contribution is 2.27. The molecule has 0 spiro atoms. The number of rotatable bonds is 9. The number of hydrogen-bond donors (Lipinski definition) is 1. The van der Waals surface area contributed by atoms with Crippen molar-refractivity contribution in [3.8, 4) is 11.3 Å². The SMILES string of the molecule is C[Si](C)(C)CCOCn1ccc2nc(-c3cccnc3N[C@H]3CCN(S(C)(=O)=O)C3)cnc21. The summed E-state index contributed by atoms with van der Waals surface area (Å²) in [6, 6.07) is 6.88. The average Bonchev–Trinajstić information content (AvgIpc) is 3.38. The van der Waals surface area contributed by atoms with E-state index in [1.807, 2.05) is 29.0 Å². The highest BCUT2D eigenvalue weighted by Gasteiger charge is 2.29. The fourth-order valence-corrected chi connectivity index (χ4v) is 5.45. The van der Waals surface area contributed by atoms with Crippen molar-refractivity contribution < 1.29 is 13.2 Å². The molecule has 1 atom stereocenters. The minimum atomic E-state index is -3.19. The van der Waals surface area contributed by atoms with Crippen molar-refractivity contribution in [1.82, 2.24) is 23.8 Å². The first-order valence-electron chi connectivity index (χ1n) is 11.2. The Hall–Kier alpha value is -2.34. The number of ether oxygens (including phenoxy) is 1. The molecule has 1 aliphatic rings. The topological polar surface area (TPSA) is 102 Å². The number of pyridine rings is 1. The molecule has 0 saturated carbocycles. The van der Waals surface area contributed by atoms with Gasteiger partial charge in [0.05, 0.1) is 18.1 Å². The van der Waals surface area contributed by atoms with Crippen LogP contribution in [0.15, 0.2) is 36.8 Å². The van der Waals surface area contributed by atoms with Crippen molar-refractivity contribution >= 4 is 35.1 Å². The van der Waals surface area contributed by atoms with Crippen molar-refractivity contribution in [3.63, 3.8) is 0 Å². The van der Waals surface area contributed by atoms with Crippen molar-refractivity contribution in [2.75, 3.05) is 31.3 Å². The van der Waals surface area contributed by atoms with Crippen LogP contribution < -0.4 is 5.32 Å². The summed E-state index contributed by atoms with van der Waals surface area (Å²) in [7, 11) is -4.30. The van der Waals surface area contributed by atoms with Crippen LogP contribution in [0.4, 0.5) is 5.82 Å². The van der Waals surface area contributed by atoms with Gasteiger partial charge < -0.3 is 14.6 Å². The smallest absolute Gasteiger partial charge is 0.211 e. The third-order valence-corrected chi connectivity index (χ3v) is 8.71. The van der Waals surface area contributed by atoms with Gasteiger partial charge in [0.25, 0.3) is 0 Å². The summed E-state index contributed by atoms with van der Waals surface area (Å²) in [5, 5.41) is 3.40. The maximum atomic E-state index is 11.8. The van der Waals surface area contributed by atoms with E-state index in [-0.39, 0.29) is 6.04 Å². The van der Waals surface area contributed by atoms with E-state index >= 15 is 0 Å². The van der Waals surface area contributed by atoms with E-state index in [1.54, 1.807) is 12.4 Å². The summed E-state index contributed by atoms with van der Waals surface area (Å²) in [6.45, 7) is 9.17. The van der Waals surface area contributed by atoms with Crippen LogP contribution in [-0.2, 0) is 21.5 Å². The molecule has 4 heterocycles. The van der Waals surface area contributed by atoms with E-state index in [0.29, 0.717) is 31.3 Å². The lowest BCUT2D eigenvalue weighted by Crippen LogP contribution is -2.30. The third-order valence-electron chi connectivity index (χ3n) is 5.73. The first-order chi connectivity index (χ1) is 15.6. The Labute approximate surface area is 196 Å².